The predicted octanol–water partition coefficient (Wildman–Crippen LogP) is 2.11. The van der Waals surface area contributed by atoms with Crippen LogP contribution < -0.4 is 5.32 Å². The first-order valence-electron chi connectivity index (χ1n) is 6.26. The number of likely N-dealkylation sites (tertiary alicyclic amines) is 1. The molecule has 2 nitrogen and oxygen atoms in total. The first-order valence-corrected chi connectivity index (χ1v) is 6.26. The third-order valence-corrected chi connectivity index (χ3v) is 3.31. The lowest BCUT2D eigenvalue weighted by molar-refractivity contribution is 0.333. The molecule has 0 spiro atoms. The summed E-state index contributed by atoms with van der Waals surface area (Å²) in [4.78, 5) is 2.57. The molecule has 1 N–H and O–H groups in total. The van der Waals surface area contributed by atoms with Crippen LogP contribution in [0.5, 0.6) is 0 Å². The zero-order valence-corrected chi connectivity index (χ0v) is 9.89. The Morgan fingerprint density at radius 3 is 2.57 bits per heavy atom. The average molecular weight is 198 g/mol. The zero-order valence-electron chi connectivity index (χ0n) is 9.89. The van der Waals surface area contributed by atoms with Gasteiger partial charge in [0.25, 0.3) is 0 Å². The van der Waals surface area contributed by atoms with E-state index in [1.54, 1.807) is 0 Å². The van der Waals surface area contributed by atoms with Crippen molar-refractivity contribution in [1.29, 1.82) is 0 Å². The third-order valence-electron chi connectivity index (χ3n) is 3.31. The Morgan fingerprint density at radius 1 is 1.21 bits per heavy atom. The predicted molar refractivity (Wildman–Crippen MR) is 62.6 cm³/mol. The van der Waals surface area contributed by atoms with Gasteiger partial charge in [-0.15, -0.1) is 0 Å². The summed E-state index contributed by atoms with van der Waals surface area (Å²) in [6, 6.07) is 0. The molecule has 1 fully saturated rings. The molecule has 0 aromatic carbocycles. The van der Waals surface area contributed by atoms with Gasteiger partial charge in [-0.1, -0.05) is 20.3 Å². The van der Waals surface area contributed by atoms with Crippen LogP contribution in [0.15, 0.2) is 0 Å². The SMILES string of the molecule is CCC(C)CCNCCN1CCCC1. The summed E-state index contributed by atoms with van der Waals surface area (Å²) in [5.41, 5.74) is 0. The number of nitrogens with zero attached hydrogens (tertiary/aromatic N) is 1. The lowest BCUT2D eigenvalue weighted by Gasteiger charge is -2.15. The van der Waals surface area contributed by atoms with Crippen molar-refractivity contribution in [3.8, 4) is 0 Å². The highest BCUT2D eigenvalue weighted by Gasteiger charge is 2.09. The quantitative estimate of drug-likeness (QED) is 0.630. The van der Waals surface area contributed by atoms with Crippen molar-refractivity contribution in [2.75, 3.05) is 32.7 Å². The fourth-order valence-electron chi connectivity index (χ4n) is 1.92. The Morgan fingerprint density at radius 2 is 1.93 bits per heavy atom. The van der Waals surface area contributed by atoms with E-state index in [9.17, 15) is 0 Å². The van der Waals surface area contributed by atoms with E-state index >= 15 is 0 Å². The zero-order chi connectivity index (χ0) is 10.2. The van der Waals surface area contributed by atoms with Gasteiger partial charge < -0.3 is 10.2 Å². The molecule has 1 atom stereocenters. The van der Waals surface area contributed by atoms with E-state index in [4.69, 9.17) is 0 Å². The molecule has 0 aliphatic carbocycles. The summed E-state index contributed by atoms with van der Waals surface area (Å²) in [5.74, 6) is 0.884. The van der Waals surface area contributed by atoms with E-state index in [1.807, 2.05) is 0 Å². The Kier molecular flexibility index (Phi) is 6.20. The summed E-state index contributed by atoms with van der Waals surface area (Å²) >= 11 is 0. The smallest absolute Gasteiger partial charge is 0.0107 e. The largest absolute Gasteiger partial charge is 0.315 e. The van der Waals surface area contributed by atoms with Crippen LogP contribution in [0.25, 0.3) is 0 Å². The van der Waals surface area contributed by atoms with Crippen LogP contribution in [-0.4, -0.2) is 37.6 Å². The van der Waals surface area contributed by atoms with Gasteiger partial charge in [0.1, 0.15) is 0 Å². The van der Waals surface area contributed by atoms with Crippen molar-refractivity contribution < 1.29 is 0 Å². The second kappa shape index (κ2) is 7.24. The molecule has 84 valence electrons. The molecule has 0 saturated carbocycles. The molecule has 0 radical (unpaired) electrons. The van der Waals surface area contributed by atoms with Gasteiger partial charge in [-0.3, -0.25) is 0 Å². The highest BCUT2D eigenvalue weighted by molar-refractivity contribution is 4.66. The number of hydrogen-bond donors (Lipinski definition) is 1. The van der Waals surface area contributed by atoms with Gasteiger partial charge in [0.15, 0.2) is 0 Å². The standard InChI is InChI=1S/C12H26N2/c1-3-12(2)6-7-13-8-11-14-9-4-5-10-14/h12-13H,3-11H2,1-2H3. The van der Waals surface area contributed by atoms with Crippen LogP contribution in [0.1, 0.15) is 39.5 Å². The summed E-state index contributed by atoms with van der Waals surface area (Å²) in [7, 11) is 0. The van der Waals surface area contributed by atoms with Gasteiger partial charge in [0.2, 0.25) is 0 Å². The van der Waals surface area contributed by atoms with Gasteiger partial charge >= 0.3 is 0 Å². The Balaban J connectivity index is 1.84. The van der Waals surface area contributed by atoms with Gasteiger partial charge in [-0.05, 0) is 44.8 Å². The molecule has 1 aliphatic heterocycles. The number of nitrogens with one attached hydrogen (secondary N) is 1. The first kappa shape index (κ1) is 12.0. The van der Waals surface area contributed by atoms with Crippen LogP contribution in [0, 0.1) is 5.92 Å². The molecular formula is C12H26N2. The van der Waals surface area contributed by atoms with Gasteiger partial charge in [0.05, 0.1) is 0 Å². The van der Waals surface area contributed by atoms with Crippen molar-refractivity contribution in [1.82, 2.24) is 10.2 Å². The second-order valence-electron chi connectivity index (χ2n) is 4.60. The maximum Gasteiger partial charge on any atom is 0.0107 e. The molecule has 14 heavy (non-hydrogen) atoms. The fourth-order valence-corrected chi connectivity index (χ4v) is 1.92. The van der Waals surface area contributed by atoms with Crippen molar-refractivity contribution in [2.45, 2.75) is 39.5 Å². The Hall–Kier alpha value is -0.0800. The molecule has 0 amide bonds. The first-order chi connectivity index (χ1) is 6.83. The highest BCUT2D eigenvalue weighted by atomic mass is 15.1. The van der Waals surface area contributed by atoms with Crippen molar-refractivity contribution in [3.05, 3.63) is 0 Å². The van der Waals surface area contributed by atoms with E-state index in [1.165, 1.54) is 58.4 Å². The van der Waals surface area contributed by atoms with E-state index in [0.29, 0.717) is 0 Å². The molecule has 1 unspecified atom stereocenters. The van der Waals surface area contributed by atoms with Gasteiger partial charge in [-0.2, -0.15) is 0 Å². The molecule has 0 bridgehead atoms. The Labute approximate surface area is 89.1 Å². The molecule has 1 saturated heterocycles. The minimum absolute atomic E-state index is 0.884. The lowest BCUT2D eigenvalue weighted by atomic mass is 10.1. The second-order valence-corrected chi connectivity index (χ2v) is 4.60. The van der Waals surface area contributed by atoms with Crippen molar-refractivity contribution >= 4 is 0 Å². The maximum absolute atomic E-state index is 3.54. The lowest BCUT2D eigenvalue weighted by Crippen LogP contribution is -2.30. The van der Waals surface area contributed by atoms with E-state index < -0.39 is 0 Å². The minimum atomic E-state index is 0.884. The molecule has 2 heteroatoms. The third kappa shape index (κ3) is 4.97. The summed E-state index contributed by atoms with van der Waals surface area (Å²) in [6.45, 7) is 10.9. The summed E-state index contributed by atoms with van der Waals surface area (Å²) in [5, 5.41) is 3.54. The van der Waals surface area contributed by atoms with Crippen LogP contribution in [0.3, 0.4) is 0 Å². The topological polar surface area (TPSA) is 15.3 Å². The van der Waals surface area contributed by atoms with Gasteiger partial charge in [0, 0.05) is 13.1 Å². The van der Waals surface area contributed by atoms with Crippen LogP contribution in [0.4, 0.5) is 0 Å². The van der Waals surface area contributed by atoms with E-state index in [2.05, 4.69) is 24.1 Å². The monoisotopic (exact) mass is 198 g/mol. The van der Waals surface area contributed by atoms with Gasteiger partial charge in [-0.25, -0.2) is 0 Å². The van der Waals surface area contributed by atoms with Crippen LogP contribution >= 0.6 is 0 Å². The normalized spacial score (nSPS) is 20.1. The number of rotatable bonds is 7. The summed E-state index contributed by atoms with van der Waals surface area (Å²) in [6.07, 6.45) is 5.46. The van der Waals surface area contributed by atoms with Crippen molar-refractivity contribution in [3.63, 3.8) is 0 Å². The van der Waals surface area contributed by atoms with E-state index in [-0.39, 0.29) is 0 Å². The highest BCUT2D eigenvalue weighted by Crippen LogP contribution is 2.06. The van der Waals surface area contributed by atoms with Crippen LogP contribution in [0.2, 0.25) is 0 Å². The molecule has 1 rings (SSSR count). The molecule has 0 aromatic rings. The molecule has 1 heterocycles. The van der Waals surface area contributed by atoms with Crippen molar-refractivity contribution in [2.24, 2.45) is 5.92 Å². The average Bonchev–Trinajstić information content (AvgIpc) is 2.69. The molecular weight excluding hydrogens is 172 g/mol. The number of hydrogen-bond acceptors (Lipinski definition) is 2. The minimum Gasteiger partial charge on any atom is -0.315 e. The Bertz CT molecular complexity index is 130. The maximum atomic E-state index is 3.54. The summed E-state index contributed by atoms with van der Waals surface area (Å²) < 4.78 is 0. The molecule has 1 aliphatic rings. The van der Waals surface area contributed by atoms with E-state index in [0.717, 1.165) is 5.92 Å². The molecule has 0 aromatic heterocycles. The fraction of sp³-hybridized carbons (Fsp3) is 1.00. The van der Waals surface area contributed by atoms with Crippen LogP contribution in [-0.2, 0) is 0 Å².